The Labute approximate surface area is 84.5 Å². The van der Waals surface area contributed by atoms with Gasteiger partial charge in [0.2, 0.25) is 0 Å². The molecule has 4 heteroatoms. The minimum Gasteiger partial charge on any atom is -0.468 e. The molecule has 0 rings (SSSR count). The SMILES string of the molecule is COC(=O)C(C)(C)C(=O)/C=C/N(C)C. The van der Waals surface area contributed by atoms with Crippen molar-refractivity contribution in [3.8, 4) is 0 Å². The zero-order valence-corrected chi connectivity index (χ0v) is 9.33. The van der Waals surface area contributed by atoms with E-state index in [0.717, 1.165) is 0 Å². The van der Waals surface area contributed by atoms with Crippen LogP contribution >= 0.6 is 0 Å². The molecule has 0 aliphatic carbocycles. The first-order chi connectivity index (χ1) is 6.32. The minimum absolute atomic E-state index is 0.266. The number of carbonyl (C=O) groups excluding carboxylic acids is 2. The van der Waals surface area contributed by atoms with Crippen molar-refractivity contribution in [1.29, 1.82) is 0 Å². The summed E-state index contributed by atoms with van der Waals surface area (Å²) < 4.78 is 4.54. The summed E-state index contributed by atoms with van der Waals surface area (Å²) in [6.45, 7) is 3.09. The van der Waals surface area contributed by atoms with Gasteiger partial charge in [-0.15, -0.1) is 0 Å². The molecule has 0 spiro atoms. The van der Waals surface area contributed by atoms with Gasteiger partial charge in [-0.25, -0.2) is 0 Å². The fraction of sp³-hybridized carbons (Fsp3) is 0.600. The van der Waals surface area contributed by atoms with Crippen molar-refractivity contribution in [3.05, 3.63) is 12.3 Å². The number of hydrogen-bond acceptors (Lipinski definition) is 4. The summed E-state index contributed by atoms with van der Waals surface area (Å²) in [6, 6.07) is 0. The molecule has 14 heavy (non-hydrogen) atoms. The molecular weight excluding hydrogens is 182 g/mol. The Kier molecular flexibility index (Phi) is 4.34. The number of ether oxygens (including phenoxy) is 1. The van der Waals surface area contributed by atoms with E-state index in [1.54, 1.807) is 39.0 Å². The first kappa shape index (κ1) is 12.7. The zero-order chi connectivity index (χ0) is 11.4. The molecular formula is C10H17NO3. The number of ketones is 1. The standard InChI is InChI=1S/C10H17NO3/c1-10(2,9(13)14-5)8(12)6-7-11(3)4/h6-7H,1-5H3/b7-6+. The van der Waals surface area contributed by atoms with Crippen molar-refractivity contribution in [3.63, 3.8) is 0 Å². The zero-order valence-electron chi connectivity index (χ0n) is 9.33. The van der Waals surface area contributed by atoms with Crippen molar-refractivity contribution in [2.24, 2.45) is 5.41 Å². The second kappa shape index (κ2) is 4.79. The number of carbonyl (C=O) groups is 2. The third kappa shape index (κ3) is 3.20. The molecule has 0 saturated heterocycles. The Morgan fingerprint density at radius 3 is 2.14 bits per heavy atom. The van der Waals surface area contributed by atoms with Crippen LogP contribution < -0.4 is 0 Å². The summed E-state index contributed by atoms with van der Waals surface area (Å²) in [5.74, 6) is -0.788. The first-order valence-electron chi connectivity index (χ1n) is 4.30. The van der Waals surface area contributed by atoms with Crippen LogP contribution in [0.1, 0.15) is 13.8 Å². The lowest BCUT2D eigenvalue weighted by atomic mass is 9.88. The Balaban J connectivity index is 4.59. The van der Waals surface area contributed by atoms with E-state index in [9.17, 15) is 9.59 Å². The molecule has 0 aromatic carbocycles. The van der Waals surface area contributed by atoms with E-state index in [4.69, 9.17) is 0 Å². The molecule has 0 fully saturated rings. The molecule has 0 aromatic rings. The molecule has 0 atom stereocenters. The number of allylic oxidation sites excluding steroid dienone is 1. The van der Waals surface area contributed by atoms with Crippen LogP contribution in [0, 0.1) is 5.41 Å². The topological polar surface area (TPSA) is 46.6 Å². The largest absolute Gasteiger partial charge is 0.468 e. The maximum absolute atomic E-state index is 11.6. The maximum atomic E-state index is 11.6. The normalized spacial score (nSPS) is 11.5. The second-order valence-corrected chi connectivity index (χ2v) is 3.76. The van der Waals surface area contributed by atoms with E-state index in [1.807, 2.05) is 0 Å². The monoisotopic (exact) mass is 199 g/mol. The summed E-state index contributed by atoms with van der Waals surface area (Å²) in [7, 11) is 4.87. The molecule has 0 N–H and O–H groups in total. The molecule has 0 unspecified atom stereocenters. The van der Waals surface area contributed by atoms with Crippen LogP contribution in [0.25, 0.3) is 0 Å². The van der Waals surface area contributed by atoms with Gasteiger partial charge in [0.05, 0.1) is 7.11 Å². The fourth-order valence-corrected chi connectivity index (χ4v) is 0.781. The molecule has 4 nitrogen and oxygen atoms in total. The van der Waals surface area contributed by atoms with Crippen LogP contribution in [0.3, 0.4) is 0 Å². The molecule has 0 bridgehead atoms. The highest BCUT2D eigenvalue weighted by atomic mass is 16.5. The molecule has 80 valence electrons. The number of hydrogen-bond donors (Lipinski definition) is 0. The number of esters is 1. The van der Waals surface area contributed by atoms with Gasteiger partial charge in [0.1, 0.15) is 5.41 Å². The van der Waals surface area contributed by atoms with Gasteiger partial charge in [0.15, 0.2) is 5.78 Å². The number of methoxy groups -OCH3 is 1. The molecule has 0 aliphatic heterocycles. The fourth-order valence-electron chi connectivity index (χ4n) is 0.781. The van der Waals surface area contributed by atoms with E-state index in [2.05, 4.69) is 4.74 Å². The smallest absolute Gasteiger partial charge is 0.319 e. The van der Waals surface area contributed by atoms with E-state index >= 15 is 0 Å². The van der Waals surface area contributed by atoms with Gasteiger partial charge in [-0.3, -0.25) is 9.59 Å². The lowest BCUT2D eigenvalue weighted by molar-refractivity contribution is -0.154. The van der Waals surface area contributed by atoms with E-state index < -0.39 is 11.4 Å². The highest BCUT2D eigenvalue weighted by molar-refractivity contribution is 6.08. The van der Waals surface area contributed by atoms with Crippen molar-refractivity contribution in [2.45, 2.75) is 13.8 Å². The number of rotatable bonds is 4. The second-order valence-electron chi connectivity index (χ2n) is 3.76. The Morgan fingerprint density at radius 2 is 1.79 bits per heavy atom. The van der Waals surface area contributed by atoms with Gasteiger partial charge in [-0.2, -0.15) is 0 Å². The van der Waals surface area contributed by atoms with Gasteiger partial charge in [0, 0.05) is 20.3 Å². The van der Waals surface area contributed by atoms with E-state index in [-0.39, 0.29) is 5.78 Å². The lowest BCUT2D eigenvalue weighted by Crippen LogP contribution is -2.33. The summed E-state index contributed by atoms with van der Waals surface area (Å²) >= 11 is 0. The Hall–Kier alpha value is -1.32. The van der Waals surface area contributed by atoms with E-state index in [0.29, 0.717) is 0 Å². The van der Waals surface area contributed by atoms with Gasteiger partial charge >= 0.3 is 5.97 Å². The van der Waals surface area contributed by atoms with Crippen LogP contribution in [0.15, 0.2) is 12.3 Å². The summed E-state index contributed by atoms with van der Waals surface area (Å²) in [5, 5.41) is 0. The highest BCUT2D eigenvalue weighted by Crippen LogP contribution is 2.19. The Bertz CT molecular complexity index is 254. The molecule has 0 saturated carbocycles. The summed E-state index contributed by atoms with van der Waals surface area (Å²) in [6.07, 6.45) is 2.98. The quantitative estimate of drug-likeness (QED) is 0.382. The van der Waals surface area contributed by atoms with Crippen molar-refractivity contribution in [2.75, 3.05) is 21.2 Å². The van der Waals surface area contributed by atoms with Crippen LogP contribution in [0.2, 0.25) is 0 Å². The molecule has 0 heterocycles. The molecule has 0 radical (unpaired) electrons. The first-order valence-corrected chi connectivity index (χ1v) is 4.30. The van der Waals surface area contributed by atoms with Gasteiger partial charge < -0.3 is 9.64 Å². The van der Waals surface area contributed by atoms with Crippen LogP contribution in [-0.4, -0.2) is 37.9 Å². The van der Waals surface area contributed by atoms with Crippen LogP contribution in [-0.2, 0) is 14.3 Å². The summed E-state index contributed by atoms with van der Waals surface area (Å²) in [5.41, 5.74) is -1.11. The molecule has 0 aliphatic rings. The van der Waals surface area contributed by atoms with Crippen molar-refractivity contribution >= 4 is 11.8 Å². The van der Waals surface area contributed by atoms with Crippen molar-refractivity contribution < 1.29 is 14.3 Å². The average molecular weight is 199 g/mol. The average Bonchev–Trinajstić information content (AvgIpc) is 2.12. The van der Waals surface area contributed by atoms with Crippen LogP contribution in [0.4, 0.5) is 0 Å². The number of nitrogens with zero attached hydrogens (tertiary/aromatic N) is 1. The molecule has 0 aromatic heterocycles. The minimum atomic E-state index is -1.11. The molecule has 0 amide bonds. The predicted molar refractivity (Wildman–Crippen MR) is 53.6 cm³/mol. The third-order valence-electron chi connectivity index (χ3n) is 1.84. The Morgan fingerprint density at radius 1 is 1.29 bits per heavy atom. The van der Waals surface area contributed by atoms with E-state index in [1.165, 1.54) is 13.2 Å². The van der Waals surface area contributed by atoms with Crippen molar-refractivity contribution in [1.82, 2.24) is 4.90 Å². The van der Waals surface area contributed by atoms with Gasteiger partial charge in [0.25, 0.3) is 0 Å². The maximum Gasteiger partial charge on any atom is 0.319 e. The predicted octanol–water partition coefficient (Wildman–Crippen LogP) is 0.830. The van der Waals surface area contributed by atoms with Gasteiger partial charge in [-0.1, -0.05) is 0 Å². The highest BCUT2D eigenvalue weighted by Gasteiger charge is 2.35. The third-order valence-corrected chi connectivity index (χ3v) is 1.84. The van der Waals surface area contributed by atoms with Crippen LogP contribution in [0.5, 0.6) is 0 Å². The lowest BCUT2D eigenvalue weighted by Gasteiger charge is -2.17. The summed E-state index contributed by atoms with van der Waals surface area (Å²) in [4.78, 5) is 24.5. The van der Waals surface area contributed by atoms with Gasteiger partial charge in [-0.05, 0) is 19.9 Å².